The van der Waals surface area contributed by atoms with Crippen molar-refractivity contribution >= 4 is 33.4 Å². The van der Waals surface area contributed by atoms with Crippen LogP contribution in [0.2, 0.25) is 0 Å². The van der Waals surface area contributed by atoms with Gasteiger partial charge in [0.2, 0.25) is 0 Å². The van der Waals surface area contributed by atoms with Gasteiger partial charge in [0.15, 0.2) is 6.61 Å². The molecule has 2 N–H and O–H groups in total. The van der Waals surface area contributed by atoms with Crippen molar-refractivity contribution in [1.82, 2.24) is 4.98 Å². The molecule has 4 heteroatoms. The maximum Gasteiger partial charge on any atom is 0.262 e. The van der Waals surface area contributed by atoms with Gasteiger partial charge in [-0.2, -0.15) is 0 Å². The Morgan fingerprint density at radius 1 is 1.00 bits per heavy atom. The summed E-state index contributed by atoms with van der Waals surface area (Å²) in [5, 5.41) is 5.27. The van der Waals surface area contributed by atoms with Gasteiger partial charge in [-0.25, -0.2) is 0 Å². The van der Waals surface area contributed by atoms with E-state index >= 15 is 0 Å². The lowest BCUT2D eigenvalue weighted by Gasteiger charge is -2.07. The van der Waals surface area contributed by atoms with Crippen LogP contribution in [0.1, 0.15) is 12.5 Å². The van der Waals surface area contributed by atoms with Crippen LogP contribution in [0.5, 0.6) is 5.75 Å². The fraction of sp³-hybridized carbons (Fsp3) is 0.136. The number of aryl methyl sites for hydroxylation is 1. The predicted molar refractivity (Wildman–Crippen MR) is 106 cm³/mol. The molecule has 0 unspecified atom stereocenters. The molecule has 0 saturated carbocycles. The lowest BCUT2D eigenvalue weighted by Crippen LogP contribution is -2.20. The molecular formula is C22H20N2O2. The van der Waals surface area contributed by atoms with Crippen LogP contribution < -0.4 is 10.1 Å². The Morgan fingerprint density at radius 2 is 1.85 bits per heavy atom. The van der Waals surface area contributed by atoms with Crippen molar-refractivity contribution in [3.8, 4) is 5.75 Å². The molecule has 4 rings (SSSR count). The van der Waals surface area contributed by atoms with Crippen LogP contribution in [0.3, 0.4) is 0 Å². The number of benzene rings is 3. The topological polar surface area (TPSA) is 54.1 Å². The second-order valence-electron chi connectivity index (χ2n) is 6.23. The summed E-state index contributed by atoms with van der Waals surface area (Å²) in [5.41, 5.74) is 4.23. The van der Waals surface area contributed by atoms with Crippen molar-refractivity contribution in [2.24, 2.45) is 0 Å². The van der Waals surface area contributed by atoms with Crippen LogP contribution in [0.4, 0.5) is 5.69 Å². The average molecular weight is 344 g/mol. The number of carbonyl (C=O) groups is 1. The van der Waals surface area contributed by atoms with Gasteiger partial charge in [-0.15, -0.1) is 0 Å². The molecule has 26 heavy (non-hydrogen) atoms. The highest BCUT2D eigenvalue weighted by molar-refractivity contribution is 6.09. The molecule has 0 spiro atoms. The molecule has 3 aromatic carbocycles. The number of rotatable bonds is 5. The van der Waals surface area contributed by atoms with Crippen LogP contribution in [-0.4, -0.2) is 17.5 Å². The number of hydrogen-bond acceptors (Lipinski definition) is 2. The standard InChI is InChI=1S/C22H20N2O2/c1-2-15-7-6-10-19-18-12-11-16(13-20(18)24-22(15)19)23-21(25)14-26-17-8-4-3-5-9-17/h3-13,24H,2,14H2,1H3,(H,23,25). The van der Waals surface area contributed by atoms with Gasteiger partial charge < -0.3 is 15.0 Å². The number of aromatic nitrogens is 1. The SMILES string of the molecule is CCc1cccc2c1[nH]c1cc(NC(=O)COc3ccccc3)ccc12. The minimum absolute atomic E-state index is 0.0191. The molecule has 0 atom stereocenters. The van der Waals surface area contributed by atoms with E-state index in [9.17, 15) is 4.79 Å². The van der Waals surface area contributed by atoms with Crippen LogP contribution in [-0.2, 0) is 11.2 Å². The maximum absolute atomic E-state index is 12.1. The van der Waals surface area contributed by atoms with Gasteiger partial charge in [0.1, 0.15) is 5.75 Å². The number of nitrogens with one attached hydrogen (secondary N) is 2. The molecule has 0 bridgehead atoms. The largest absolute Gasteiger partial charge is 0.484 e. The van der Waals surface area contributed by atoms with E-state index < -0.39 is 0 Å². The lowest BCUT2D eigenvalue weighted by atomic mass is 10.1. The highest BCUT2D eigenvalue weighted by Crippen LogP contribution is 2.29. The van der Waals surface area contributed by atoms with Crippen molar-refractivity contribution in [1.29, 1.82) is 0 Å². The second-order valence-corrected chi connectivity index (χ2v) is 6.23. The molecule has 130 valence electrons. The van der Waals surface area contributed by atoms with Crippen LogP contribution in [0.15, 0.2) is 66.7 Å². The van der Waals surface area contributed by atoms with Gasteiger partial charge in [-0.05, 0) is 36.2 Å². The Labute approximate surface area is 151 Å². The minimum atomic E-state index is -0.182. The zero-order valence-corrected chi connectivity index (χ0v) is 14.6. The first-order valence-electron chi connectivity index (χ1n) is 8.75. The van der Waals surface area contributed by atoms with E-state index in [4.69, 9.17) is 4.74 Å². The zero-order valence-electron chi connectivity index (χ0n) is 14.6. The minimum Gasteiger partial charge on any atom is -0.484 e. The first-order chi connectivity index (χ1) is 12.7. The number of anilines is 1. The quantitative estimate of drug-likeness (QED) is 0.541. The summed E-state index contributed by atoms with van der Waals surface area (Å²) in [4.78, 5) is 15.6. The molecule has 4 aromatic rings. The molecule has 0 saturated heterocycles. The summed E-state index contributed by atoms with van der Waals surface area (Å²) in [7, 11) is 0. The summed E-state index contributed by atoms with van der Waals surface area (Å²) in [5.74, 6) is 0.499. The van der Waals surface area contributed by atoms with Gasteiger partial charge in [0, 0.05) is 27.5 Å². The Balaban J connectivity index is 1.53. The number of fused-ring (bicyclic) bond motifs is 3. The highest BCUT2D eigenvalue weighted by atomic mass is 16.5. The molecule has 1 amide bonds. The Morgan fingerprint density at radius 3 is 2.65 bits per heavy atom. The van der Waals surface area contributed by atoms with Crippen LogP contribution in [0.25, 0.3) is 21.8 Å². The van der Waals surface area contributed by atoms with E-state index in [1.807, 2.05) is 48.5 Å². The van der Waals surface area contributed by atoms with Crippen molar-refractivity contribution in [2.75, 3.05) is 11.9 Å². The molecule has 1 aromatic heterocycles. The molecule has 0 fully saturated rings. The Hall–Kier alpha value is -3.27. The second kappa shape index (κ2) is 6.92. The fourth-order valence-electron chi connectivity index (χ4n) is 3.22. The predicted octanol–water partition coefficient (Wildman–Crippen LogP) is 4.90. The highest BCUT2D eigenvalue weighted by Gasteiger charge is 2.09. The third-order valence-electron chi connectivity index (χ3n) is 4.50. The van der Waals surface area contributed by atoms with E-state index in [-0.39, 0.29) is 12.5 Å². The molecule has 0 aliphatic carbocycles. The summed E-state index contributed by atoms with van der Waals surface area (Å²) < 4.78 is 5.49. The molecule has 0 aliphatic rings. The van der Waals surface area contributed by atoms with Gasteiger partial charge >= 0.3 is 0 Å². The summed E-state index contributed by atoms with van der Waals surface area (Å²) >= 11 is 0. The van der Waals surface area contributed by atoms with Crippen molar-refractivity contribution < 1.29 is 9.53 Å². The number of aromatic amines is 1. The Bertz CT molecular complexity index is 1070. The van der Waals surface area contributed by atoms with Gasteiger partial charge in [0.25, 0.3) is 5.91 Å². The maximum atomic E-state index is 12.1. The Kier molecular flexibility index (Phi) is 4.32. The summed E-state index contributed by atoms with van der Waals surface area (Å²) in [6.07, 6.45) is 0.977. The number of carbonyl (C=O) groups excluding carboxylic acids is 1. The van der Waals surface area contributed by atoms with Gasteiger partial charge in [0.05, 0.1) is 0 Å². The zero-order chi connectivity index (χ0) is 17.9. The third kappa shape index (κ3) is 3.14. The van der Waals surface area contributed by atoms with E-state index in [0.29, 0.717) is 5.75 Å². The van der Waals surface area contributed by atoms with Crippen molar-refractivity contribution in [3.63, 3.8) is 0 Å². The van der Waals surface area contributed by atoms with Crippen molar-refractivity contribution in [3.05, 3.63) is 72.3 Å². The number of amides is 1. The third-order valence-corrected chi connectivity index (χ3v) is 4.50. The van der Waals surface area contributed by atoms with E-state index in [0.717, 1.165) is 23.0 Å². The van der Waals surface area contributed by atoms with E-state index in [1.165, 1.54) is 16.5 Å². The molecule has 4 nitrogen and oxygen atoms in total. The average Bonchev–Trinajstić information content (AvgIpc) is 3.05. The molecule has 0 aliphatic heterocycles. The van der Waals surface area contributed by atoms with Gasteiger partial charge in [-0.3, -0.25) is 4.79 Å². The summed E-state index contributed by atoms with van der Waals surface area (Å²) in [6.45, 7) is 2.13. The summed E-state index contributed by atoms with van der Waals surface area (Å²) in [6, 6.07) is 21.6. The molecular weight excluding hydrogens is 324 g/mol. The lowest BCUT2D eigenvalue weighted by molar-refractivity contribution is -0.118. The van der Waals surface area contributed by atoms with Gasteiger partial charge in [-0.1, -0.05) is 49.4 Å². The number of ether oxygens (including phenoxy) is 1. The first-order valence-corrected chi connectivity index (χ1v) is 8.75. The first kappa shape index (κ1) is 16.2. The molecule has 1 heterocycles. The number of H-pyrrole nitrogens is 1. The van der Waals surface area contributed by atoms with E-state index in [2.05, 4.69) is 35.4 Å². The molecule has 0 radical (unpaired) electrons. The van der Waals surface area contributed by atoms with Crippen LogP contribution in [0, 0.1) is 0 Å². The number of hydrogen-bond donors (Lipinski definition) is 2. The number of para-hydroxylation sites is 2. The van der Waals surface area contributed by atoms with E-state index in [1.54, 1.807) is 0 Å². The smallest absolute Gasteiger partial charge is 0.262 e. The fourth-order valence-corrected chi connectivity index (χ4v) is 3.22. The van der Waals surface area contributed by atoms with Crippen LogP contribution >= 0.6 is 0 Å². The monoisotopic (exact) mass is 344 g/mol. The van der Waals surface area contributed by atoms with Crippen molar-refractivity contribution in [2.45, 2.75) is 13.3 Å². The normalized spacial score (nSPS) is 11.0.